The molecule has 1 N–H and O–H groups in total. The second-order valence-electron chi connectivity index (χ2n) is 5.86. The Hall–Kier alpha value is -2.93. The number of benzene rings is 2. The van der Waals surface area contributed by atoms with E-state index in [0.29, 0.717) is 17.5 Å². The molecule has 112 valence electrons. The third-order valence-electron chi connectivity index (χ3n) is 4.24. The van der Waals surface area contributed by atoms with Crippen LogP contribution in [0.1, 0.15) is 23.5 Å². The van der Waals surface area contributed by atoms with Crippen LogP contribution in [0.4, 0.5) is 10.2 Å². The molecule has 0 amide bonds. The summed E-state index contributed by atoms with van der Waals surface area (Å²) in [4.78, 5) is 4.59. The first-order chi connectivity index (χ1) is 11.2. The van der Waals surface area contributed by atoms with Gasteiger partial charge in [-0.15, -0.1) is 0 Å². The number of hydrogen-bond acceptors (Lipinski definition) is 3. The number of halogens is 1. The first-order valence-electron chi connectivity index (χ1n) is 7.56. The average Bonchev–Trinajstić information content (AvgIpc) is 3.34. The molecule has 1 aliphatic rings. The first kappa shape index (κ1) is 13.7. The number of rotatable bonds is 3. The Morgan fingerprint density at radius 3 is 2.70 bits per heavy atom. The molecule has 2 atom stereocenters. The molecule has 1 fully saturated rings. The monoisotopic (exact) mass is 303 g/mol. The molecule has 3 nitrogen and oxygen atoms in total. The molecule has 0 bridgehead atoms. The van der Waals surface area contributed by atoms with Crippen LogP contribution in [0.2, 0.25) is 0 Å². The van der Waals surface area contributed by atoms with Crippen molar-refractivity contribution in [1.82, 2.24) is 4.98 Å². The van der Waals surface area contributed by atoms with Gasteiger partial charge < -0.3 is 5.32 Å². The van der Waals surface area contributed by atoms with Crippen molar-refractivity contribution < 1.29 is 4.39 Å². The second-order valence-corrected chi connectivity index (χ2v) is 5.86. The topological polar surface area (TPSA) is 48.7 Å². The molecule has 3 aromatic rings. The highest BCUT2D eigenvalue weighted by Gasteiger charge is 2.38. The fourth-order valence-electron chi connectivity index (χ4n) is 2.90. The number of pyridine rings is 1. The standard InChI is InChI=1S/C19H14FN3/c20-15-5-2-13(3-6-15)16-10-18(16)23-19-8-4-14-9-12(11-21)1-7-17(14)22-19/h1-9,16,18H,10H2,(H,22,23)/t16-,18+/m0/s1. The summed E-state index contributed by atoms with van der Waals surface area (Å²) in [5.74, 6) is 1.04. The van der Waals surface area contributed by atoms with Crippen molar-refractivity contribution in [3.63, 3.8) is 0 Å². The van der Waals surface area contributed by atoms with Crippen LogP contribution >= 0.6 is 0 Å². The van der Waals surface area contributed by atoms with Crippen LogP contribution in [0.3, 0.4) is 0 Å². The maximum Gasteiger partial charge on any atom is 0.126 e. The Labute approximate surface area is 133 Å². The third kappa shape index (κ3) is 2.74. The molecule has 4 heteroatoms. The fraction of sp³-hybridized carbons (Fsp3) is 0.158. The summed E-state index contributed by atoms with van der Waals surface area (Å²) in [5, 5.41) is 13.3. The molecule has 23 heavy (non-hydrogen) atoms. The lowest BCUT2D eigenvalue weighted by molar-refractivity contribution is 0.627. The van der Waals surface area contributed by atoms with Crippen LogP contribution in [-0.2, 0) is 0 Å². The zero-order valence-corrected chi connectivity index (χ0v) is 12.3. The molecular formula is C19H14FN3. The van der Waals surface area contributed by atoms with Gasteiger partial charge >= 0.3 is 0 Å². The Kier molecular flexibility index (Phi) is 3.20. The smallest absolute Gasteiger partial charge is 0.126 e. The quantitative estimate of drug-likeness (QED) is 0.788. The lowest BCUT2D eigenvalue weighted by atomic mass is 10.1. The minimum absolute atomic E-state index is 0.202. The minimum atomic E-state index is -0.202. The van der Waals surface area contributed by atoms with Crippen molar-refractivity contribution >= 4 is 16.7 Å². The summed E-state index contributed by atoms with van der Waals surface area (Å²) in [7, 11) is 0. The van der Waals surface area contributed by atoms with Gasteiger partial charge in [-0.2, -0.15) is 5.26 Å². The van der Waals surface area contributed by atoms with E-state index in [2.05, 4.69) is 16.4 Å². The summed E-state index contributed by atoms with van der Waals surface area (Å²) < 4.78 is 13.0. The number of nitrogens with one attached hydrogen (secondary N) is 1. The molecule has 0 unspecified atom stereocenters. The van der Waals surface area contributed by atoms with E-state index in [-0.39, 0.29) is 5.82 Å². The molecule has 1 saturated carbocycles. The Balaban J connectivity index is 1.51. The summed E-state index contributed by atoms with van der Waals surface area (Å²) >= 11 is 0. The van der Waals surface area contributed by atoms with Gasteiger partial charge in [-0.3, -0.25) is 0 Å². The maximum atomic E-state index is 13.0. The highest BCUT2D eigenvalue weighted by Crippen LogP contribution is 2.42. The van der Waals surface area contributed by atoms with Gasteiger partial charge in [-0.05, 0) is 54.4 Å². The van der Waals surface area contributed by atoms with Crippen molar-refractivity contribution in [2.45, 2.75) is 18.4 Å². The third-order valence-corrected chi connectivity index (χ3v) is 4.24. The summed E-state index contributed by atoms with van der Waals surface area (Å²) in [6, 6.07) is 18.6. The summed E-state index contributed by atoms with van der Waals surface area (Å²) in [5.41, 5.74) is 2.66. The van der Waals surface area contributed by atoms with Gasteiger partial charge in [0.25, 0.3) is 0 Å². The number of fused-ring (bicyclic) bond motifs is 1. The number of aromatic nitrogens is 1. The van der Waals surface area contributed by atoms with Crippen LogP contribution in [0.5, 0.6) is 0 Å². The van der Waals surface area contributed by atoms with Crippen molar-refractivity contribution in [3.05, 3.63) is 71.5 Å². The zero-order valence-electron chi connectivity index (χ0n) is 12.3. The molecule has 4 rings (SSSR count). The van der Waals surface area contributed by atoms with E-state index in [9.17, 15) is 4.39 Å². The van der Waals surface area contributed by atoms with Crippen molar-refractivity contribution in [1.29, 1.82) is 5.26 Å². The van der Waals surface area contributed by atoms with Gasteiger partial charge in [0.2, 0.25) is 0 Å². The van der Waals surface area contributed by atoms with Crippen molar-refractivity contribution in [2.24, 2.45) is 0 Å². The van der Waals surface area contributed by atoms with Crippen LogP contribution in [0.15, 0.2) is 54.6 Å². The minimum Gasteiger partial charge on any atom is -0.367 e. The largest absolute Gasteiger partial charge is 0.367 e. The Bertz CT molecular complexity index is 912. The number of anilines is 1. The van der Waals surface area contributed by atoms with Crippen molar-refractivity contribution in [2.75, 3.05) is 5.32 Å². The molecule has 1 aromatic heterocycles. The van der Waals surface area contributed by atoms with Gasteiger partial charge in [0.1, 0.15) is 11.6 Å². The van der Waals surface area contributed by atoms with Crippen LogP contribution in [0, 0.1) is 17.1 Å². The Morgan fingerprint density at radius 1 is 1.09 bits per heavy atom. The highest BCUT2D eigenvalue weighted by molar-refractivity contribution is 5.81. The van der Waals surface area contributed by atoms with Crippen LogP contribution < -0.4 is 5.32 Å². The van der Waals surface area contributed by atoms with Crippen LogP contribution in [-0.4, -0.2) is 11.0 Å². The molecule has 0 saturated heterocycles. The lowest BCUT2D eigenvalue weighted by Crippen LogP contribution is -2.05. The van der Waals surface area contributed by atoms with E-state index in [4.69, 9.17) is 5.26 Å². The van der Waals surface area contributed by atoms with Gasteiger partial charge in [0.05, 0.1) is 17.1 Å². The van der Waals surface area contributed by atoms with E-state index in [1.54, 1.807) is 6.07 Å². The molecule has 1 aliphatic carbocycles. The first-order valence-corrected chi connectivity index (χ1v) is 7.56. The van der Waals surface area contributed by atoms with E-state index < -0.39 is 0 Å². The zero-order chi connectivity index (χ0) is 15.8. The fourth-order valence-corrected chi connectivity index (χ4v) is 2.90. The van der Waals surface area contributed by atoms with Crippen molar-refractivity contribution in [3.8, 4) is 6.07 Å². The molecule has 0 aliphatic heterocycles. The summed E-state index contributed by atoms with van der Waals surface area (Å²) in [6.07, 6.45) is 1.03. The predicted octanol–water partition coefficient (Wildman–Crippen LogP) is 4.21. The highest BCUT2D eigenvalue weighted by atomic mass is 19.1. The molecular weight excluding hydrogens is 289 g/mol. The molecule has 2 aromatic carbocycles. The van der Waals surface area contributed by atoms with E-state index in [1.807, 2.05) is 36.4 Å². The predicted molar refractivity (Wildman–Crippen MR) is 87.6 cm³/mol. The van der Waals surface area contributed by atoms with Crippen LogP contribution in [0.25, 0.3) is 10.9 Å². The lowest BCUT2D eigenvalue weighted by Gasteiger charge is -2.07. The normalized spacial score (nSPS) is 19.3. The van der Waals surface area contributed by atoms with E-state index >= 15 is 0 Å². The Morgan fingerprint density at radius 2 is 1.91 bits per heavy atom. The molecule has 0 radical (unpaired) electrons. The molecule has 0 spiro atoms. The second kappa shape index (κ2) is 5.36. The molecule has 1 heterocycles. The van der Waals surface area contributed by atoms with E-state index in [1.165, 1.54) is 12.1 Å². The average molecular weight is 303 g/mol. The number of nitriles is 1. The van der Waals surface area contributed by atoms with Gasteiger partial charge in [-0.1, -0.05) is 12.1 Å². The maximum absolute atomic E-state index is 13.0. The summed E-state index contributed by atoms with van der Waals surface area (Å²) in [6.45, 7) is 0. The number of hydrogen-bond donors (Lipinski definition) is 1. The number of nitrogens with zero attached hydrogens (tertiary/aromatic N) is 2. The van der Waals surface area contributed by atoms with Gasteiger partial charge in [0.15, 0.2) is 0 Å². The van der Waals surface area contributed by atoms with E-state index in [0.717, 1.165) is 28.7 Å². The van der Waals surface area contributed by atoms with Gasteiger partial charge in [0, 0.05) is 17.3 Å². The SMILES string of the molecule is N#Cc1ccc2nc(N[C@@H]3C[C@H]3c3ccc(F)cc3)ccc2c1. The van der Waals surface area contributed by atoms with Gasteiger partial charge in [-0.25, -0.2) is 9.37 Å².